The molecule has 4 amide bonds. The summed E-state index contributed by atoms with van der Waals surface area (Å²) in [6, 6.07) is 23.1. The molecule has 2 aliphatic heterocycles. The molecular weight excluding hydrogens is 749 g/mol. The topological polar surface area (TPSA) is 186 Å². The Morgan fingerprint density at radius 3 is 1.83 bits per heavy atom. The number of benzene rings is 4. The van der Waals surface area contributed by atoms with Gasteiger partial charge < -0.3 is 40.2 Å². The lowest BCUT2D eigenvalue weighted by Crippen LogP contribution is -2.51. The molecular formula is C45H50N8O6. The zero-order valence-corrected chi connectivity index (χ0v) is 33.9. The van der Waals surface area contributed by atoms with Crippen LogP contribution >= 0.6 is 0 Å². The van der Waals surface area contributed by atoms with Crippen LogP contribution in [0.5, 0.6) is 0 Å². The first-order valence-electron chi connectivity index (χ1n) is 20.4. The number of imidazole rings is 2. The minimum Gasteiger partial charge on any atom is -0.465 e. The Hall–Kier alpha value is -6.44. The molecule has 0 bridgehead atoms. The molecule has 2 fully saturated rings. The van der Waals surface area contributed by atoms with Crippen molar-refractivity contribution in [3.05, 3.63) is 84.4 Å². The van der Waals surface area contributed by atoms with Gasteiger partial charge in [-0.15, -0.1) is 0 Å². The van der Waals surface area contributed by atoms with Crippen LogP contribution in [0.4, 0.5) is 9.59 Å². The monoisotopic (exact) mass is 798 g/mol. The number of carbonyl (C=O) groups excluding carboxylic acids is 3. The van der Waals surface area contributed by atoms with E-state index >= 15 is 0 Å². The smallest absolute Gasteiger partial charge is 0.407 e. The van der Waals surface area contributed by atoms with Crippen LogP contribution in [0, 0.1) is 11.8 Å². The number of amides is 4. The first kappa shape index (κ1) is 39.4. The molecule has 0 spiro atoms. The molecule has 6 aromatic rings. The number of carbonyl (C=O) groups is 4. The number of nitrogens with one attached hydrogen (secondary N) is 4. The molecule has 2 aromatic heterocycles. The second-order valence-electron chi connectivity index (χ2n) is 16.4. The van der Waals surface area contributed by atoms with E-state index in [-0.39, 0.29) is 35.7 Å². The van der Waals surface area contributed by atoms with E-state index in [4.69, 9.17) is 14.7 Å². The van der Waals surface area contributed by atoms with Crippen LogP contribution in [0.15, 0.2) is 72.8 Å². The van der Waals surface area contributed by atoms with Crippen molar-refractivity contribution in [2.45, 2.75) is 77.5 Å². The highest BCUT2D eigenvalue weighted by molar-refractivity contribution is 6.05. The lowest BCUT2D eigenvalue weighted by Gasteiger charge is -2.29. The minimum absolute atomic E-state index is 0.112. The lowest BCUT2D eigenvalue weighted by atomic mass is 9.98. The number of ether oxygens (including phenoxy) is 1. The SMILES string of the molecule is COC(=O)N[C@H](C(=O)N1CCC[C@H]1c1nc2c(ccc3cc(-c4ccc(-c5ccc6nc([C@@H]7CCCN7C(=O)[C@@H](NC(=O)O)C(C)C)[nH]c6c5)cc4)ccc32)[nH]1)C(C)C. The predicted molar refractivity (Wildman–Crippen MR) is 225 cm³/mol. The number of fused-ring (bicyclic) bond motifs is 4. The Morgan fingerprint density at radius 1 is 0.695 bits per heavy atom. The number of hydrogen-bond donors (Lipinski definition) is 5. The summed E-state index contributed by atoms with van der Waals surface area (Å²) in [6.07, 6.45) is 1.35. The standard InChI is InChI=1S/C45H50N8O6/c1-24(2)37(50-44(56)57)42(54)52-20-6-8-35(52)40-46-32-18-15-29(23-34(32)48-40)27-12-10-26(11-13-27)28-14-17-31-30(22-28)16-19-33-39(31)49-41(47-33)36-9-7-21-53(36)43(55)38(25(3)4)51-45(58)59-5/h10-19,22-25,35-38,50H,6-9,20-21H2,1-5H3,(H,46,48)(H,47,49)(H,51,58)(H,56,57)/t35-,36-,37-,38-/m0/s1. The van der Waals surface area contributed by atoms with Gasteiger partial charge in [0.05, 0.1) is 41.3 Å². The van der Waals surface area contributed by atoms with Gasteiger partial charge in [-0.3, -0.25) is 9.59 Å². The quantitative estimate of drug-likeness (QED) is 0.0925. The van der Waals surface area contributed by atoms with Crippen LogP contribution in [-0.2, 0) is 14.3 Å². The summed E-state index contributed by atoms with van der Waals surface area (Å²) in [4.78, 5) is 71.1. The summed E-state index contributed by atoms with van der Waals surface area (Å²) in [7, 11) is 1.29. The molecule has 306 valence electrons. The van der Waals surface area contributed by atoms with E-state index in [1.54, 1.807) is 4.90 Å². The van der Waals surface area contributed by atoms with Crippen LogP contribution in [0.1, 0.15) is 77.1 Å². The van der Waals surface area contributed by atoms with Gasteiger partial charge in [-0.05, 0) is 89.4 Å². The fraction of sp³-hybridized carbons (Fsp3) is 0.378. The summed E-state index contributed by atoms with van der Waals surface area (Å²) in [5.41, 5.74) is 7.66. The molecule has 14 nitrogen and oxygen atoms in total. The number of alkyl carbamates (subject to hydrolysis) is 1. The number of nitrogens with zero attached hydrogens (tertiary/aromatic N) is 4. The van der Waals surface area contributed by atoms with Crippen molar-refractivity contribution in [1.82, 2.24) is 40.4 Å². The van der Waals surface area contributed by atoms with E-state index < -0.39 is 24.3 Å². The summed E-state index contributed by atoms with van der Waals surface area (Å²) in [5, 5.41) is 16.5. The molecule has 0 unspecified atom stereocenters. The molecule has 5 N–H and O–H groups in total. The lowest BCUT2D eigenvalue weighted by molar-refractivity contribution is -0.136. The molecule has 2 aliphatic rings. The average Bonchev–Trinajstić information content (AvgIpc) is 4.06. The third kappa shape index (κ3) is 7.66. The fourth-order valence-electron chi connectivity index (χ4n) is 8.71. The van der Waals surface area contributed by atoms with Crippen LogP contribution < -0.4 is 10.6 Å². The fourth-order valence-corrected chi connectivity index (χ4v) is 8.71. The molecule has 0 saturated carbocycles. The number of likely N-dealkylation sites (tertiary alicyclic amines) is 2. The summed E-state index contributed by atoms with van der Waals surface area (Å²) in [5.74, 6) is 0.778. The van der Waals surface area contributed by atoms with E-state index in [2.05, 4.69) is 75.2 Å². The molecule has 0 radical (unpaired) electrons. The van der Waals surface area contributed by atoms with E-state index in [1.165, 1.54) is 7.11 Å². The zero-order chi connectivity index (χ0) is 41.5. The third-order valence-electron chi connectivity index (χ3n) is 11.8. The number of H-pyrrole nitrogens is 2. The molecule has 4 heterocycles. The maximum Gasteiger partial charge on any atom is 0.407 e. The van der Waals surface area contributed by atoms with Gasteiger partial charge in [0, 0.05) is 18.5 Å². The van der Waals surface area contributed by atoms with Crippen molar-refractivity contribution < 1.29 is 29.0 Å². The zero-order valence-electron chi connectivity index (χ0n) is 33.9. The van der Waals surface area contributed by atoms with Gasteiger partial charge in [0.15, 0.2) is 0 Å². The second-order valence-corrected chi connectivity index (χ2v) is 16.4. The highest BCUT2D eigenvalue weighted by Crippen LogP contribution is 2.37. The molecule has 0 aliphatic carbocycles. The molecule has 14 heteroatoms. The van der Waals surface area contributed by atoms with Gasteiger partial charge in [-0.25, -0.2) is 19.6 Å². The number of methoxy groups -OCH3 is 1. The average molecular weight is 799 g/mol. The minimum atomic E-state index is -1.21. The van der Waals surface area contributed by atoms with Gasteiger partial charge in [-0.2, -0.15) is 0 Å². The number of rotatable bonds is 10. The number of carboxylic acid groups (broad SMARTS) is 1. The van der Waals surface area contributed by atoms with Gasteiger partial charge in [0.1, 0.15) is 23.7 Å². The van der Waals surface area contributed by atoms with Gasteiger partial charge in [0.2, 0.25) is 11.8 Å². The molecule has 59 heavy (non-hydrogen) atoms. The van der Waals surface area contributed by atoms with E-state index in [9.17, 15) is 24.3 Å². The molecule has 8 rings (SSSR count). The molecule has 4 atom stereocenters. The van der Waals surface area contributed by atoms with Crippen LogP contribution in [0.2, 0.25) is 0 Å². The largest absolute Gasteiger partial charge is 0.465 e. The number of aromatic nitrogens is 4. The Labute approximate surface area is 341 Å². The van der Waals surface area contributed by atoms with Crippen molar-refractivity contribution in [2.75, 3.05) is 20.2 Å². The van der Waals surface area contributed by atoms with Gasteiger partial charge >= 0.3 is 12.2 Å². The van der Waals surface area contributed by atoms with Crippen LogP contribution in [-0.4, -0.2) is 91.1 Å². The summed E-state index contributed by atoms with van der Waals surface area (Å²) >= 11 is 0. The normalized spacial score (nSPS) is 17.9. The predicted octanol–water partition coefficient (Wildman–Crippen LogP) is 7.93. The second kappa shape index (κ2) is 16.1. The molecule has 4 aromatic carbocycles. The first-order valence-corrected chi connectivity index (χ1v) is 20.4. The summed E-state index contributed by atoms with van der Waals surface area (Å²) in [6.45, 7) is 8.63. The Bertz CT molecular complexity index is 2560. The number of aromatic amines is 2. The van der Waals surface area contributed by atoms with E-state index in [0.717, 1.165) is 86.6 Å². The van der Waals surface area contributed by atoms with Gasteiger partial charge in [0.25, 0.3) is 0 Å². The third-order valence-corrected chi connectivity index (χ3v) is 11.8. The summed E-state index contributed by atoms with van der Waals surface area (Å²) < 4.78 is 4.78. The highest BCUT2D eigenvalue weighted by atomic mass is 16.5. The Balaban J connectivity index is 0.995. The van der Waals surface area contributed by atoms with Crippen molar-refractivity contribution >= 4 is 56.8 Å². The van der Waals surface area contributed by atoms with Crippen molar-refractivity contribution in [3.63, 3.8) is 0 Å². The van der Waals surface area contributed by atoms with Crippen molar-refractivity contribution in [3.8, 4) is 22.3 Å². The maximum absolute atomic E-state index is 13.7. The van der Waals surface area contributed by atoms with Crippen molar-refractivity contribution in [1.29, 1.82) is 0 Å². The number of hydrogen-bond acceptors (Lipinski definition) is 7. The van der Waals surface area contributed by atoms with Crippen molar-refractivity contribution in [2.24, 2.45) is 11.8 Å². The maximum atomic E-state index is 13.7. The first-order chi connectivity index (χ1) is 28.4. The van der Waals surface area contributed by atoms with Gasteiger partial charge in [-0.1, -0.05) is 76.2 Å². The van der Waals surface area contributed by atoms with E-state index in [1.807, 2.05) is 50.8 Å². The highest BCUT2D eigenvalue weighted by Gasteiger charge is 2.39. The molecule has 2 saturated heterocycles. The van der Waals surface area contributed by atoms with Crippen LogP contribution in [0.3, 0.4) is 0 Å². The Morgan fingerprint density at radius 2 is 1.24 bits per heavy atom. The van der Waals surface area contributed by atoms with Crippen LogP contribution in [0.25, 0.3) is 55.1 Å². The Kier molecular flexibility index (Phi) is 10.7. The van der Waals surface area contributed by atoms with E-state index in [0.29, 0.717) is 18.9 Å².